The average Bonchev–Trinajstić information content (AvgIpc) is 3.07. The summed E-state index contributed by atoms with van der Waals surface area (Å²) in [6.45, 7) is 1.03. The van der Waals surface area contributed by atoms with E-state index in [1.165, 1.54) is 0 Å². The lowest BCUT2D eigenvalue weighted by molar-refractivity contribution is 0.0755. The fraction of sp³-hybridized carbons (Fsp3) is 0.125. The highest BCUT2D eigenvalue weighted by atomic mass is 16.3. The third-order valence-electron chi connectivity index (χ3n) is 3.59. The Hall–Kier alpha value is -2.62. The summed E-state index contributed by atoms with van der Waals surface area (Å²) in [5.41, 5.74) is 2.48. The second kappa shape index (κ2) is 4.20. The van der Waals surface area contributed by atoms with E-state index in [0.717, 1.165) is 22.4 Å². The van der Waals surface area contributed by atoms with Gasteiger partial charge < -0.3 is 9.32 Å². The van der Waals surface area contributed by atoms with Crippen molar-refractivity contribution in [3.8, 4) is 0 Å². The molecule has 1 aliphatic rings. The topological polar surface area (TPSA) is 46.3 Å². The van der Waals surface area contributed by atoms with Crippen LogP contribution in [0.1, 0.15) is 21.8 Å². The number of rotatable bonds is 2. The van der Waals surface area contributed by atoms with Gasteiger partial charge in [-0.05, 0) is 24.3 Å². The van der Waals surface area contributed by atoms with Gasteiger partial charge in [0.15, 0.2) is 0 Å². The molecule has 1 amide bonds. The molecule has 0 saturated carbocycles. The minimum absolute atomic E-state index is 0.0228. The molecule has 2 aromatic heterocycles. The summed E-state index contributed by atoms with van der Waals surface area (Å²) < 4.78 is 5.31. The van der Waals surface area contributed by atoms with Gasteiger partial charge >= 0.3 is 0 Å². The van der Waals surface area contributed by atoms with Crippen molar-refractivity contribution >= 4 is 16.8 Å². The largest absolute Gasteiger partial charge is 0.467 e. The third-order valence-corrected chi connectivity index (χ3v) is 3.59. The molecule has 0 N–H and O–H groups in total. The van der Waals surface area contributed by atoms with Crippen LogP contribution < -0.4 is 0 Å². The van der Waals surface area contributed by atoms with Crippen molar-refractivity contribution in [3.05, 3.63) is 65.7 Å². The number of hydrogen-bond donors (Lipinski definition) is 0. The number of amides is 1. The van der Waals surface area contributed by atoms with Crippen LogP contribution in [-0.2, 0) is 13.1 Å². The second-order valence-corrected chi connectivity index (χ2v) is 4.92. The van der Waals surface area contributed by atoms with Crippen LogP contribution in [0.4, 0.5) is 0 Å². The van der Waals surface area contributed by atoms with E-state index in [1.807, 2.05) is 42.5 Å². The molecule has 0 radical (unpaired) electrons. The second-order valence-electron chi connectivity index (χ2n) is 4.92. The van der Waals surface area contributed by atoms with Crippen LogP contribution in [0, 0.1) is 0 Å². The van der Waals surface area contributed by atoms with E-state index in [4.69, 9.17) is 4.42 Å². The number of pyridine rings is 1. The van der Waals surface area contributed by atoms with Gasteiger partial charge in [0.2, 0.25) is 0 Å². The molecule has 3 aromatic rings. The molecule has 98 valence electrons. The number of hydrogen-bond acceptors (Lipinski definition) is 3. The Bertz CT molecular complexity index is 793. The Morgan fingerprint density at radius 3 is 2.95 bits per heavy atom. The van der Waals surface area contributed by atoms with Gasteiger partial charge in [-0.1, -0.05) is 18.2 Å². The Morgan fingerprint density at radius 2 is 2.10 bits per heavy atom. The molecule has 0 atom stereocenters. The highest BCUT2D eigenvalue weighted by Gasteiger charge is 2.29. The van der Waals surface area contributed by atoms with Gasteiger partial charge in [-0.15, -0.1) is 0 Å². The number of carbonyl (C=O) groups is 1. The van der Waals surface area contributed by atoms with Crippen LogP contribution in [0.15, 0.2) is 53.1 Å². The SMILES string of the molecule is O=C1c2cc3ccccc3nc2CN1Cc1ccco1. The first-order valence-electron chi connectivity index (χ1n) is 6.51. The summed E-state index contributed by atoms with van der Waals surface area (Å²) in [5, 5.41) is 0.999. The van der Waals surface area contributed by atoms with E-state index in [2.05, 4.69) is 4.98 Å². The van der Waals surface area contributed by atoms with Crippen LogP contribution in [0.2, 0.25) is 0 Å². The lowest BCUT2D eigenvalue weighted by Gasteiger charge is -2.12. The standard InChI is InChI=1S/C16H12N2O2/c19-16-13-8-11-4-1-2-6-14(11)17-15(13)10-18(16)9-12-5-3-7-20-12/h1-8H,9-10H2. The molecule has 3 heterocycles. The van der Waals surface area contributed by atoms with Crippen molar-refractivity contribution in [3.63, 3.8) is 0 Å². The van der Waals surface area contributed by atoms with Crippen molar-refractivity contribution in [2.75, 3.05) is 0 Å². The predicted octanol–water partition coefficient (Wildman–Crippen LogP) is 2.98. The van der Waals surface area contributed by atoms with Crippen molar-refractivity contribution in [1.29, 1.82) is 0 Å². The van der Waals surface area contributed by atoms with Gasteiger partial charge in [-0.25, -0.2) is 0 Å². The minimum Gasteiger partial charge on any atom is -0.467 e. The number of nitrogens with zero attached hydrogens (tertiary/aromatic N) is 2. The van der Waals surface area contributed by atoms with Crippen molar-refractivity contribution in [1.82, 2.24) is 9.88 Å². The van der Waals surface area contributed by atoms with E-state index >= 15 is 0 Å². The molecule has 0 aliphatic carbocycles. The fourth-order valence-corrected chi connectivity index (χ4v) is 2.60. The molecule has 4 nitrogen and oxygen atoms in total. The zero-order chi connectivity index (χ0) is 13.5. The number of fused-ring (bicyclic) bond motifs is 2. The van der Waals surface area contributed by atoms with Crippen LogP contribution in [-0.4, -0.2) is 15.8 Å². The zero-order valence-corrected chi connectivity index (χ0v) is 10.7. The van der Waals surface area contributed by atoms with Crippen LogP contribution in [0.5, 0.6) is 0 Å². The summed E-state index contributed by atoms with van der Waals surface area (Å²) in [5.74, 6) is 0.811. The molecule has 0 spiro atoms. The third kappa shape index (κ3) is 1.69. The Kier molecular flexibility index (Phi) is 2.36. The van der Waals surface area contributed by atoms with E-state index in [-0.39, 0.29) is 5.91 Å². The molecule has 0 fully saturated rings. The maximum atomic E-state index is 12.4. The minimum atomic E-state index is 0.0228. The molecule has 0 unspecified atom stereocenters. The summed E-state index contributed by atoms with van der Waals surface area (Å²) in [6.07, 6.45) is 1.62. The fourth-order valence-electron chi connectivity index (χ4n) is 2.60. The molecule has 1 aromatic carbocycles. The van der Waals surface area contributed by atoms with Gasteiger partial charge in [-0.2, -0.15) is 0 Å². The molecule has 0 saturated heterocycles. The highest BCUT2D eigenvalue weighted by molar-refractivity contribution is 6.00. The zero-order valence-electron chi connectivity index (χ0n) is 10.7. The maximum absolute atomic E-state index is 12.4. The summed E-state index contributed by atoms with van der Waals surface area (Å²) in [7, 11) is 0. The molecule has 20 heavy (non-hydrogen) atoms. The predicted molar refractivity (Wildman–Crippen MR) is 74.0 cm³/mol. The number of carbonyl (C=O) groups excluding carboxylic acids is 1. The monoisotopic (exact) mass is 264 g/mol. The van der Waals surface area contributed by atoms with E-state index in [0.29, 0.717) is 18.7 Å². The number of furan rings is 1. The molecule has 4 heteroatoms. The first-order valence-corrected chi connectivity index (χ1v) is 6.51. The van der Waals surface area contributed by atoms with E-state index in [9.17, 15) is 4.79 Å². The first-order chi connectivity index (χ1) is 9.81. The Balaban J connectivity index is 1.72. The van der Waals surface area contributed by atoms with Crippen molar-refractivity contribution < 1.29 is 9.21 Å². The molecular weight excluding hydrogens is 252 g/mol. The maximum Gasteiger partial charge on any atom is 0.256 e. The molecule has 4 rings (SSSR count). The summed E-state index contributed by atoms with van der Waals surface area (Å²) >= 11 is 0. The van der Waals surface area contributed by atoms with Gasteiger partial charge in [0, 0.05) is 5.39 Å². The lowest BCUT2D eigenvalue weighted by atomic mass is 10.1. The quantitative estimate of drug-likeness (QED) is 0.714. The van der Waals surface area contributed by atoms with Crippen molar-refractivity contribution in [2.45, 2.75) is 13.1 Å². The highest BCUT2D eigenvalue weighted by Crippen LogP contribution is 2.26. The summed E-state index contributed by atoms with van der Waals surface area (Å²) in [6, 6.07) is 13.5. The van der Waals surface area contributed by atoms with Gasteiger partial charge in [-0.3, -0.25) is 9.78 Å². The van der Waals surface area contributed by atoms with E-state index < -0.39 is 0 Å². The number of aromatic nitrogens is 1. The first kappa shape index (κ1) is 11.2. The van der Waals surface area contributed by atoms with Gasteiger partial charge in [0.05, 0.1) is 36.1 Å². The Labute approximate surface area is 115 Å². The Morgan fingerprint density at radius 1 is 1.20 bits per heavy atom. The number of para-hydroxylation sites is 1. The van der Waals surface area contributed by atoms with Gasteiger partial charge in [0.25, 0.3) is 5.91 Å². The van der Waals surface area contributed by atoms with Gasteiger partial charge in [0.1, 0.15) is 5.76 Å². The molecular formula is C16H12N2O2. The molecule has 0 bridgehead atoms. The normalized spacial score (nSPS) is 14.0. The average molecular weight is 264 g/mol. The smallest absolute Gasteiger partial charge is 0.256 e. The van der Waals surface area contributed by atoms with Crippen LogP contribution in [0.25, 0.3) is 10.9 Å². The lowest BCUT2D eigenvalue weighted by Crippen LogP contribution is -2.22. The van der Waals surface area contributed by atoms with Crippen LogP contribution in [0.3, 0.4) is 0 Å². The van der Waals surface area contributed by atoms with E-state index in [1.54, 1.807) is 11.2 Å². The summed E-state index contributed by atoms with van der Waals surface area (Å²) in [4.78, 5) is 18.8. The van der Waals surface area contributed by atoms with Crippen molar-refractivity contribution in [2.24, 2.45) is 0 Å². The number of benzene rings is 1. The van der Waals surface area contributed by atoms with Crippen LogP contribution >= 0.6 is 0 Å². The molecule has 1 aliphatic heterocycles.